The number of amides is 2. The number of carbonyl (C=O) groups excluding carboxylic acids is 1. The minimum absolute atomic E-state index is 0.0199. The van der Waals surface area contributed by atoms with Gasteiger partial charge < -0.3 is 25.4 Å². The number of carboxylic acid groups (broad SMARTS) is 1. The molecule has 0 radical (unpaired) electrons. The van der Waals surface area contributed by atoms with Gasteiger partial charge in [-0.3, -0.25) is 4.79 Å². The lowest BCUT2D eigenvalue weighted by molar-refractivity contribution is -0.117. The van der Waals surface area contributed by atoms with E-state index in [4.69, 9.17) is 9.72 Å². The van der Waals surface area contributed by atoms with Crippen molar-refractivity contribution in [3.8, 4) is 22.9 Å². The smallest absolute Gasteiger partial charge is 0.407 e. The van der Waals surface area contributed by atoms with Crippen LogP contribution in [0, 0.1) is 18.3 Å². The van der Waals surface area contributed by atoms with Crippen LogP contribution in [-0.4, -0.2) is 56.1 Å². The quantitative estimate of drug-likeness (QED) is 0.237. The van der Waals surface area contributed by atoms with Gasteiger partial charge in [0.2, 0.25) is 17.7 Å². The number of pyridine rings is 1. The zero-order valence-electron chi connectivity index (χ0n) is 23.9. The highest BCUT2D eigenvalue weighted by atomic mass is 16.5. The third kappa shape index (κ3) is 5.57. The molecule has 2 fully saturated rings. The molecule has 0 bridgehead atoms. The van der Waals surface area contributed by atoms with E-state index in [1.165, 1.54) is 4.90 Å². The lowest BCUT2D eigenvalue weighted by atomic mass is 10.0. The van der Waals surface area contributed by atoms with Gasteiger partial charge >= 0.3 is 6.09 Å². The van der Waals surface area contributed by atoms with Gasteiger partial charge in [0.05, 0.1) is 11.3 Å². The van der Waals surface area contributed by atoms with Crippen LogP contribution in [0.25, 0.3) is 22.0 Å². The number of likely N-dealkylation sites (tertiary alicyclic amines) is 1. The summed E-state index contributed by atoms with van der Waals surface area (Å²) < 4.78 is 6.51. The summed E-state index contributed by atoms with van der Waals surface area (Å²) in [7, 11) is 0. The number of nitrogens with zero attached hydrogens (tertiary/aromatic N) is 4. The molecule has 42 heavy (non-hydrogen) atoms. The highest BCUT2D eigenvalue weighted by Crippen LogP contribution is 2.52. The van der Waals surface area contributed by atoms with Crippen molar-refractivity contribution in [1.29, 1.82) is 0 Å². The summed E-state index contributed by atoms with van der Waals surface area (Å²) in [5, 5.41) is 17.6. The van der Waals surface area contributed by atoms with Gasteiger partial charge in [-0.15, -0.1) is 0 Å². The number of anilines is 2. The fraction of sp³-hybridized carbons (Fsp3) is 0.344. The Morgan fingerprint density at radius 3 is 2.67 bits per heavy atom. The molecular formula is C32H34N6O4. The molecular weight excluding hydrogens is 532 g/mol. The maximum atomic E-state index is 12.9. The molecule has 1 aliphatic heterocycles. The second-order valence-electron chi connectivity index (χ2n) is 11.8. The molecule has 6 rings (SSSR count). The van der Waals surface area contributed by atoms with Crippen molar-refractivity contribution in [2.24, 2.45) is 11.3 Å². The van der Waals surface area contributed by atoms with Crippen molar-refractivity contribution >= 4 is 34.4 Å². The van der Waals surface area contributed by atoms with Crippen LogP contribution in [0.2, 0.25) is 0 Å². The predicted molar refractivity (Wildman–Crippen MR) is 161 cm³/mol. The zero-order valence-corrected chi connectivity index (χ0v) is 23.9. The van der Waals surface area contributed by atoms with Crippen molar-refractivity contribution in [3.63, 3.8) is 0 Å². The molecule has 10 nitrogen and oxygen atoms in total. The Labute approximate surface area is 244 Å². The van der Waals surface area contributed by atoms with Gasteiger partial charge in [0.25, 0.3) is 0 Å². The van der Waals surface area contributed by atoms with Crippen LogP contribution in [0.1, 0.15) is 38.7 Å². The largest absolute Gasteiger partial charge is 0.465 e. The van der Waals surface area contributed by atoms with Crippen LogP contribution >= 0.6 is 0 Å². The monoisotopic (exact) mass is 566 g/mol. The first-order chi connectivity index (χ1) is 20.2. The molecule has 2 aromatic carbocycles. The van der Waals surface area contributed by atoms with E-state index in [0.717, 1.165) is 41.3 Å². The normalized spacial score (nSPS) is 19.3. The Morgan fingerprint density at radius 2 is 1.88 bits per heavy atom. The number of piperidine rings is 1. The second kappa shape index (κ2) is 10.9. The van der Waals surface area contributed by atoms with Crippen LogP contribution < -0.4 is 15.4 Å². The molecule has 3 heterocycles. The molecule has 3 N–H and O–H groups in total. The minimum atomic E-state index is -0.918. The summed E-state index contributed by atoms with van der Waals surface area (Å²) >= 11 is 0. The number of fused-ring (bicyclic) bond motifs is 1. The van der Waals surface area contributed by atoms with Crippen LogP contribution in [0.4, 0.5) is 16.4 Å². The molecule has 1 saturated heterocycles. The Morgan fingerprint density at radius 1 is 1.05 bits per heavy atom. The number of aromatic nitrogens is 3. The highest BCUT2D eigenvalue weighted by molar-refractivity contribution is 6.05. The number of carbonyl (C=O) groups is 2. The van der Waals surface area contributed by atoms with E-state index in [1.807, 2.05) is 49.4 Å². The number of rotatable bonds is 7. The molecule has 4 aromatic rings. The topological polar surface area (TPSA) is 130 Å². The van der Waals surface area contributed by atoms with Gasteiger partial charge in [-0.2, -0.15) is 0 Å². The van der Waals surface area contributed by atoms with E-state index in [1.54, 1.807) is 18.5 Å². The van der Waals surface area contributed by atoms with Crippen LogP contribution in [0.15, 0.2) is 60.9 Å². The third-order valence-corrected chi connectivity index (χ3v) is 8.22. The molecule has 2 amide bonds. The lowest BCUT2D eigenvalue weighted by Gasteiger charge is -2.31. The zero-order chi connectivity index (χ0) is 29.4. The summed E-state index contributed by atoms with van der Waals surface area (Å²) in [5.41, 5.74) is 3.04. The molecule has 1 aliphatic carbocycles. The van der Waals surface area contributed by atoms with Gasteiger partial charge in [0, 0.05) is 53.9 Å². The van der Waals surface area contributed by atoms with Gasteiger partial charge in [-0.25, -0.2) is 19.7 Å². The minimum Gasteiger partial charge on any atom is -0.465 e. The average molecular weight is 567 g/mol. The van der Waals surface area contributed by atoms with E-state index < -0.39 is 6.09 Å². The molecule has 0 spiro atoms. The van der Waals surface area contributed by atoms with Crippen molar-refractivity contribution in [1.82, 2.24) is 19.9 Å². The first-order valence-corrected chi connectivity index (χ1v) is 14.2. The number of aryl methyl sites for hydroxylation is 1. The molecule has 2 aliphatic rings. The Bertz CT molecular complexity index is 1670. The third-order valence-electron chi connectivity index (χ3n) is 8.22. The second-order valence-corrected chi connectivity index (χ2v) is 11.8. The van der Waals surface area contributed by atoms with Crippen LogP contribution in [-0.2, 0) is 4.79 Å². The SMILES string of the molecule is Cc1ccc2c(NC(=O)[C@H]3CC3(C)C)cccc2c1Oc1ncccc1-c1ccnc(N[C@H]2CCCN(C(=O)O)C2)n1. The van der Waals surface area contributed by atoms with E-state index in [-0.39, 0.29) is 23.3 Å². The maximum Gasteiger partial charge on any atom is 0.407 e. The highest BCUT2D eigenvalue weighted by Gasteiger charge is 2.50. The molecule has 216 valence electrons. The Hall–Kier alpha value is -4.73. The standard InChI is InChI=1S/C32H34N6O4/c1-19-11-12-21-22(8-4-10-25(21)36-28(39)24-17-32(24,2)3)27(19)42-29-23(9-5-14-33-29)26-13-15-34-30(37-26)35-20-7-6-16-38(18-20)31(40)41/h4-5,8-15,20,24H,6-7,16-18H2,1-3H3,(H,36,39)(H,40,41)(H,34,35,37)/t20-,24+/m0/s1. The predicted octanol–water partition coefficient (Wildman–Crippen LogP) is 6.33. The summed E-state index contributed by atoms with van der Waals surface area (Å²) in [4.78, 5) is 39.4. The van der Waals surface area contributed by atoms with Crippen molar-refractivity contribution in [3.05, 3.63) is 66.5 Å². The molecule has 2 aromatic heterocycles. The number of hydrogen-bond acceptors (Lipinski definition) is 7. The summed E-state index contributed by atoms with van der Waals surface area (Å²) in [5.74, 6) is 1.52. The first kappa shape index (κ1) is 27.4. The van der Waals surface area contributed by atoms with E-state index in [9.17, 15) is 14.7 Å². The number of benzene rings is 2. The fourth-order valence-electron chi connectivity index (χ4n) is 5.61. The summed E-state index contributed by atoms with van der Waals surface area (Å²) in [6.45, 7) is 7.11. The number of ether oxygens (including phenoxy) is 1. The van der Waals surface area contributed by atoms with Gasteiger partial charge in [0.15, 0.2) is 0 Å². The van der Waals surface area contributed by atoms with E-state index in [0.29, 0.717) is 41.9 Å². The average Bonchev–Trinajstić information content (AvgIpc) is 3.63. The summed E-state index contributed by atoms with van der Waals surface area (Å²) in [6.07, 6.45) is 4.92. The van der Waals surface area contributed by atoms with Crippen LogP contribution in [0.3, 0.4) is 0 Å². The molecule has 0 unspecified atom stereocenters. The fourth-order valence-corrected chi connectivity index (χ4v) is 5.61. The van der Waals surface area contributed by atoms with Crippen molar-refractivity contribution in [2.45, 2.75) is 46.1 Å². The van der Waals surface area contributed by atoms with E-state index in [2.05, 4.69) is 34.4 Å². The van der Waals surface area contributed by atoms with Gasteiger partial charge in [-0.05, 0) is 61.4 Å². The maximum absolute atomic E-state index is 12.9. The Kier molecular flexibility index (Phi) is 7.14. The molecule has 1 saturated carbocycles. The van der Waals surface area contributed by atoms with Gasteiger partial charge in [-0.1, -0.05) is 38.1 Å². The number of nitrogens with one attached hydrogen (secondary N) is 2. The molecule has 2 atom stereocenters. The van der Waals surface area contributed by atoms with E-state index >= 15 is 0 Å². The lowest BCUT2D eigenvalue weighted by Crippen LogP contribution is -2.44. The number of hydrogen-bond donors (Lipinski definition) is 3. The Balaban J connectivity index is 1.28. The van der Waals surface area contributed by atoms with Crippen molar-refractivity contribution < 1.29 is 19.4 Å². The summed E-state index contributed by atoms with van der Waals surface area (Å²) in [6, 6.07) is 15.2. The van der Waals surface area contributed by atoms with Crippen LogP contribution in [0.5, 0.6) is 11.6 Å². The molecule has 10 heteroatoms. The first-order valence-electron chi connectivity index (χ1n) is 14.2. The van der Waals surface area contributed by atoms with Gasteiger partial charge in [0.1, 0.15) is 5.75 Å². The van der Waals surface area contributed by atoms with Crippen molar-refractivity contribution in [2.75, 3.05) is 23.7 Å².